The van der Waals surface area contributed by atoms with Crippen LogP contribution in [0.4, 0.5) is 0 Å². The molecule has 1 aliphatic heterocycles. The molecule has 0 fully saturated rings. The molecular weight excluding hydrogens is 168 g/mol. The lowest BCUT2D eigenvalue weighted by molar-refractivity contribution is 0.378. The number of nitrogens with one attached hydrogen (secondary N) is 1. The molecule has 0 saturated carbocycles. The minimum Gasteiger partial charge on any atom is -0.360 e. The lowest BCUT2D eigenvalue weighted by Crippen LogP contribution is -2.34. The summed E-state index contributed by atoms with van der Waals surface area (Å²) in [5.41, 5.74) is 0. The van der Waals surface area contributed by atoms with Gasteiger partial charge in [-0.3, -0.25) is 4.99 Å². The van der Waals surface area contributed by atoms with Gasteiger partial charge in [-0.05, 0) is 0 Å². The molecule has 2 rings (SSSR count). The van der Waals surface area contributed by atoms with E-state index in [0.717, 1.165) is 24.8 Å². The molecule has 0 amide bonds. The molecule has 5 nitrogen and oxygen atoms in total. The Kier molecular flexibility index (Phi) is 2.16. The lowest BCUT2D eigenvalue weighted by atomic mass is 10.4. The van der Waals surface area contributed by atoms with E-state index in [2.05, 4.69) is 20.4 Å². The van der Waals surface area contributed by atoms with Gasteiger partial charge in [0, 0.05) is 19.7 Å². The van der Waals surface area contributed by atoms with Gasteiger partial charge in [-0.1, -0.05) is 5.16 Å². The molecule has 1 aromatic rings. The highest BCUT2D eigenvalue weighted by molar-refractivity contribution is 5.81. The topological polar surface area (TPSA) is 53.7 Å². The molecule has 1 aliphatic rings. The smallest absolute Gasteiger partial charge is 0.194 e. The van der Waals surface area contributed by atoms with Gasteiger partial charge in [-0.15, -0.1) is 0 Å². The first kappa shape index (κ1) is 8.10. The largest absolute Gasteiger partial charge is 0.360 e. The first-order chi connectivity index (χ1) is 6.36. The summed E-state index contributed by atoms with van der Waals surface area (Å²) in [6, 6.07) is 1.84. The van der Waals surface area contributed by atoms with Crippen LogP contribution in [0.15, 0.2) is 21.8 Å². The maximum absolute atomic E-state index is 4.94. The van der Waals surface area contributed by atoms with Crippen LogP contribution in [0.25, 0.3) is 0 Å². The fourth-order valence-electron chi connectivity index (χ4n) is 1.22. The van der Waals surface area contributed by atoms with E-state index in [-0.39, 0.29) is 0 Å². The summed E-state index contributed by atoms with van der Waals surface area (Å²) >= 11 is 0. The summed E-state index contributed by atoms with van der Waals surface area (Å²) in [6.45, 7) is 2.50. The van der Waals surface area contributed by atoms with Crippen LogP contribution in [0.5, 0.6) is 0 Å². The number of likely N-dealkylation sites (N-methyl/N-ethyl adjacent to an activating group) is 1. The number of rotatable bonds is 2. The minimum absolute atomic E-state index is 0.642. The van der Waals surface area contributed by atoms with Crippen LogP contribution in [-0.4, -0.2) is 36.2 Å². The van der Waals surface area contributed by atoms with Crippen LogP contribution < -0.4 is 5.32 Å². The van der Waals surface area contributed by atoms with Crippen molar-refractivity contribution >= 4 is 5.96 Å². The highest BCUT2D eigenvalue weighted by Crippen LogP contribution is 1.98. The third-order valence-electron chi connectivity index (χ3n) is 1.97. The molecule has 0 radical (unpaired) electrons. The predicted molar refractivity (Wildman–Crippen MR) is 48.3 cm³/mol. The molecule has 0 atom stereocenters. The van der Waals surface area contributed by atoms with Crippen LogP contribution in [0.2, 0.25) is 0 Å². The van der Waals surface area contributed by atoms with Gasteiger partial charge in [-0.2, -0.15) is 0 Å². The molecule has 2 heterocycles. The molecule has 0 unspecified atom stereocenters. The van der Waals surface area contributed by atoms with Gasteiger partial charge < -0.3 is 14.7 Å². The van der Waals surface area contributed by atoms with E-state index in [1.54, 1.807) is 6.20 Å². The Balaban J connectivity index is 1.86. The standard InChI is InChI=1S/C8H12N4O/c1-12-5-4-9-8(12)10-6-7-2-3-11-13-7/h2-3H,4-6H2,1H3,(H,9,10). The van der Waals surface area contributed by atoms with Crippen molar-refractivity contribution in [2.24, 2.45) is 4.99 Å². The third-order valence-corrected chi connectivity index (χ3v) is 1.97. The number of hydrogen-bond acceptors (Lipinski definition) is 5. The highest BCUT2D eigenvalue weighted by atomic mass is 16.5. The van der Waals surface area contributed by atoms with Crippen molar-refractivity contribution in [3.63, 3.8) is 0 Å². The van der Waals surface area contributed by atoms with Gasteiger partial charge in [0.25, 0.3) is 0 Å². The summed E-state index contributed by atoms with van der Waals surface area (Å²) in [6.07, 6.45) is 1.64. The van der Waals surface area contributed by atoms with Crippen molar-refractivity contribution in [3.8, 4) is 0 Å². The molecule has 0 bridgehead atoms. The number of aliphatic imine (C=N–C) groups is 1. The summed E-state index contributed by atoms with van der Waals surface area (Å²) in [4.78, 5) is 6.37. The zero-order valence-electron chi connectivity index (χ0n) is 7.53. The Labute approximate surface area is 76.4 Å². The third kappa shape index (κ3) is 1.80. The van der Waals surface area contributed by atoms with Crippen LogP contribution in [-0.2, 0) is 6.54 Å². The van der Waals surface area contributed by atoms with Crippen LogP contribution >= 0.6 is 0 Å². The Morgan fingerprint density at radius 2 is 2.62 bits per heavy atom. The second kappa shape index (κ2) is 3.47. The number of guanidine groups is 1. The highest BCUT2D eigenvalue weighted by Gasteiger charge is 2.11. The van der Waals surface area contributed by atoms with E-state index in [4.69, 9.17) is 4.52 Å². The van der Waals surface area contributed by atoms with Gasteiger partial charge in [0.05, 0.1) is 19.3 Å². The van der Waals surface area contributed by atoms with E-state index in [1.165, 1.54) is 0 Å². The fraction of sp³-hybridized carbons (Fsp3) is 0.500. The van der Waals surface area contributed by atoms with Gasteiger partial charge in [0.1, 0.15) is 0 Å². The monoisotopic (exact) mass is 180 g/mol. The summed E-state index contributed by atoms with van der Waals surface area (Å²) in [7, 11) is 2.01. The van der Waals surface area contributed by atoms with Gasteiger partial charge in [-0.25, -0.2) is 0 Å². The lowest BCUT2D eigenvalue weighted by Gasteiger charge is -2.13. The van der Waals surface area contributed by atoms with E-state index < -0.39 is 0 Å². The summed E-state index contributed by atoms with van der Waals surface area (Å²) in [5.74, 6) is 1.75. The first-order valence-corrected chi connectivity index (χ1v) is 4.25. The summed E-state index contributed by atoms with van der Waals surface area (Å²) < 4.78 is 4.94. The van der Waals surface area contributed by atoms with E-state index in [9.17, 15) is 0 Å². The van der Waals surface area contributed by atoms with E-state index in [0.29, 0.717) is 6.54 Å². The normalized spacial score (nSPS) is 16.1. The molecule has 5 heteroatoms. The number of hydrogen-bond donors (Lipinski definition) is 1. The molecule has 0 aliphatic carbocycles. The van der Waals surface area contributed by atoms with Gasteiger partial charge in [0.2, 0.25) is 0 Å². The molecule has 0 aromatic carbocycles. The molecule has 0 saturated heterocycles. The quantitative estimate of drug-likeness (QED) is 0.699. The Bertz CT molecular complexity index is 293. The minimum atomic E-state index is 0.642. The van der Waals surface area contributed by atoms with Crippen molar-refractivity contribution in [2.45, 2.75) is 6.54 Å². The van der Waals surface area contributed by atoms with Crippen LogP contribution in [0.3, 0.4) is 0 Å². The van der Waals surface area contributed by atoms with Gasteiger partial charge in [0.15, 0.2) is 11.7 Å². The van der Waals surface area contributed by atoms with Crippen molar-refractivity contribution in [3.05, 3.63) is 18.0 Å². The summed E-state index contributed by atoms with van der Waals surface area (Å²) in [5, 5.41) is 6.79. The Morgan fingerprint density at radius 3 is 3.23 bits per heavy atom. The molecule has 70 valence electrons. The maximum atomic E-state index is 4.94. The van der Waals surface area contributed by atoms with E-state index in [1.807, 2.05) is 13.1 Å². The second-order valence-corrected chi connectivity index (χ2v) is 2.96. The van der Waals surface area contributed by atoms with Crippen LogP contribution in [0.1, 0.15) is 5.76 Å². The molecule has 1 aromatic heterocycles. The van der Waals surface area contributed by atoms with E-state index >= 15 is 0 Å². The SMILES string of the molecule is CN1CCN=C1NCc1ccno1. The first-order valence-electron chi connectivity index (χ1n) is 4.25. The molecular formula is C8H12N4O. The Morgan fingerprint density at radius 1 is 1.69 bits per heavy atom. The zero-order valence-corrected chi connectivity index (χ0v) is 7.53. The zero-order chi connectivity index (χ0) is 9.10. The fourth-order valence-corrected chi connectivity index (χ4v) is 1.22. The van der Waals surface area contributed by atoms with Crippen LogP contribution in [0, 0.1) is 0 Å². The molecule has 1 N–H and O–H groups in total. The maximum Gasteiger partial charge on any atom is 0.194 e. The average molecular weight is 180 g/mol. The average Bonchev–Trinajstić information content (AvgIpc) is 2.72. The van der Waals surface area contributed by atoms with Gasteiger partial charge >= 0.3 is 0 Å². The van der Waals surface area contributed by atoms with Crippen molar-refractivity contribution < 1.29 is 4.52 Å². The number of aromatic nitrogens is 1. The van der Waals surface area contributed by atoms with Crippen molar-refractivity contribution in [1.29, 1.82) is 0 Å². The second-order valence-electron chi connectivity index (χ2n) is 2.96. The number of nitrogens with zero attached hydrogens (tertiary/aromatic N) is 3. The van der Waals surface area contributed by atoms with Crippen molar-refractivity contribution in [1.82, 2.24) is 15.4 Å². The predicted octanol–water partition coefficient (Wildman–Crippen LogP) is 0.0656. The Hall–Kier alpha value is -1.52. The molecule has 0 spiro atoms. The van der Waals surface area contributed by atoms with Crippen molar-refractivity contribution in [2.75, 3.05) is 20.1 Å². The molecule has 13 heavy (non-hydrogen) atoms.